The van der Waals surface area contributed by atoms with Gasteiger partial charge in [0, 0.05) is 116 Å². The fourth-order valence-corrected chi connectivity index (χ4v) is 10.6. The zero-order valence-corrected chi connectivity index (χ0v) is 36.1. The van der Waals surface area contributed by atoms with Crippen LogP contribution in [0.5, 0.6) is 0 Å². The molecule has 322 valence electrons. The number of hydrogen-bond donors (Lipinski definition) is 3. The van der Waals surface area contributed by atoms with E-state index in [1.54, 1.807) is 11.0 Å². The molecule has 3 aromatic carbocycles. The second kappa shape index (κ2) is 16.7. The van der Waals surface area contributed by atoms with Gasteiger partial charge in [0.15, 0.2) is 11.5 Å². The summed E-state index contributed by atoms with van der Waals surface area (Å²) >= 11 is 0. The average molecular weight is 837 g/mol. The molecule has 13 nitrogen and oxygen atoms in total. The van der Waals surface area contributed by atoms with Crippen LogP contribution in [-0.2, 0) is 32.8 Å². The Hall–Kier alpha value is -6.00. The first kappa shape index (κ1) is 41.4. The van der Waals surface area contributed by atoms with Crippen molar-refractivity contribution in [2.75, 3.05) is 56.0 Å². The normalized spacial score (nSPS) is 20.2. The Balaban J connectivity index is 0.717. The molecule has 9 rings (SSSR count). The number of carbonyl (C=O) groups excluding carboxylic acids is 5. The number of hydrogen-bond acceptors (Lipinski definition) is 8. The van der Waals surface area contributed by atoms with Crippen molar-refractivity contribution in [3.8, 4) is 0 Å². The minimum Gasteiger partial charge on any atom is -0.385 e. The van der Waals surface area contributed by atoms with E-state index in [1.807, 2.05) is 35.2 Å². The van der Waals surface area contributed by atoms with Crippen molar-refractivity contribution in [3.05, 3.63) is 99.0 Å². The van der Waals surface area contributed by atoms with Gasteiger partial charge in [0.1, 0.15) is 6.04 Å². The van der Waals surface area contributed by atoms with E-state index in [1.165, 1.54) is 11.3 Å². The molecule has 1 unspecified atom stereocenters. The highest BCUT2D eigenvalue weighted by Gasteiger charge is 2.42. The molecule has 13 heteroatoms. The summed E-state index contributed by atoms with van der Waals surface area (Å²) in [6.07, 6.45) is 6.82. The summed E-state index contributed by atoms with van der Waals surface area (Å²) in [5.41, 5.74) is 9.31. The molecule has 0 bridgehead atoms. The highest BCUT2D eigenvalue weighted by atomic mass is 16.2. The number of rotatable bonds is 11. The van der Waals surface area contributed by atoms with Crippen molar-refractivity contribution in [1.82, 2.24) is 25.0 Å². The van der Waals surface area contributed by atoms with Crippen LogP contribution in [0.1, 0.15) is 121 Å². The highest BCUT2D eigenvalue weighted by molar-refractivity contribution is 6.20. The molecule has 0 spiro atoms. The fraction of sp³-hybridized carbons (Fsp3) is 0.469. The summed E-state index contributed by atoms with van der Waals surface area (Å²) in [5, 5.41) is 6.68. The van der Waals surface area contributed by atoms with Crippen LogP contribution in [0, 0.1) is 6.57 Å². The molecule has 62 heavy (non-hydrogen) atoms. The van der Waals surface area contributed by atoms with Gasteiger partial charge in [0.2, 0.25) is 17.7 Å². The van der Waals surface area contributed by atoms with Gasteiger partial charge in [-0.05, 0) is 91.6 Å². The van der Waals surface area contributed by atoms with E-state index >= 15 is 0 Å². The first-order chi connectivity index (χ1) is 29.9. The second-order valence-electron chi connectivity index (χ2n) is 18.2. The Labute approximate surface area is 363 Å². The van der Waals surface area contributed by atoms with Gasteiger partial charge in [-0.25, -0.2) is 4.85 Å². The molecule has 0 saturated carbocycles. The monoisotopic (exact) mass is 836 g/mol. The van der Waals surface area contributed by atoms with Crippen molar-refractivity contribution in [2.24, 2.45) is 0 Å². The number of anilines is 2. The maximum atomic E-state index is 14.1. The average Bonchev–Trinajstić information content (AvgIpc) is 3.84. The van der Waals surface area contributed by atoms with Crippen molar-refractivity contribution in [2.45, 2.75) is 103 Å². The van der Waals surface area contributed by atoms with Gasteiger partial charge in [-0.2, -0.15) is 0 Å². The van der Waals surface area contributed by atoms with Gasteiger partial charge in [-0.15, -0.1) is 0 Å². The number of unbranched alkanes of at least 4 members (excludes halogenated alkanes) is 2. The van der Waals surface area contributed by atoms with Crippen molar-refractivity contribution >= 4 is 57.4 Å². The largest absolute Gasteiger partial charge is 0.385 e. The van der Waals surface area contributed by atoms with Crippen LogP contribution < -0.4 is 15.5 Å². The third-order valence-electron chi connectivity index (χ3n) is 14.2. The SMILES string of the molecule is [C-]#[N+]c1ccc2c3c([nH]c2c1)C(C)(C)c1cc(N2CCC(N4CCN(C(=O)CCCCCNc5ccc6c(c5)CN(C5CCC(=O)NC5=O)C6=O)CC4)CC2)c(CC)cc1C3=O. The van der Waals surface area contributed by atoms with Crippen molar-refractivity contribution in [1.29, 1.82) is 0 Å². The van der Waals surface area contributed by atoms with E-state index in [0.717, 1.165) is 129 Å². The van der Waals surface area contributed by atoms with Crippen molar-refractivity contribution in [3.63, 3.8) is 0 Å². The number of amides is 4. The van der Waals surface area contributed by atoms with E-state index in [0.29, 0.717) is 36.7 Å². The first-order valence-electron chi connectivity index (χ1n) is 22.5. The summed E-state index contributed by atoms with van der Waals surface area (Å²) in [4.78, 5) is 80.1. The molecule has 3 N–H and O–H groups in total. The van der Waals surface area contributed by atoms with Crippen LogP contribution in [0.2, 0.25) is 0 Å². The Morgan fingerprint density at radius 1 is 0.903 bits per heavy atom. The third kappa shape index (κ3) is 7.52. The Bertz CT molecular complexity index is 2520. The zero-order chi connectivity index (χ0) is 43.3. The molecule has 4 aliphatic heterocycles. The van der Waals surface area contributed by atoms with Gasteiger partial charge in [0.05, 0.1) is 12.1 Å². The lowest BCUT2D eigenvalue weighted by Crippen LogP contribution is -2.54. The highest BCUT2D eigenvalue weighted by Crippen LogP contribution is 2.46. The summed E-state index contributed by atoms with van der Waals surface area (Å²) < 4.78 is 0. The summed E-state index contributed by atoms with van der Waals surface area (Å²) in [6.45, 7) is 20.4. The first-order valence-corrected chi connectivity index (χ1v) is 22.5. The van der Waals surface area contributed by atoms with Crippen LogP contribution in [0.25, 0.3) is 15.7 Å². The lowest BCUT2D eigenvalue weighted by atomic mass is 9.70. The van der Waals surface area contributed by atoms with Crippen LogP contribution in [0.15, 0.2) is 48.5 Å². The third-order valence-corrected chi connectivity index (χ3v) is 14.2. The van der Waals surface area contributed by atoms with E-state index in [4.69, 9.17) is 6.57 Å². The molecule has 5 aliphatic rings. The minimum atomic E-state index is -0.619. The number of fused-ring (bicyclic) bond motifs is 5. The lowest BCUT2D eigenvalue weighted by molar-refractivity contribution is -0.137. The molecule has 1 atom stereocenters. The molecule has 1 aliphatic carbocycles. The summed E-state index contributed by atoms with van der Waals surface area (Å²) in [5.74, 6) is -0.572. The summed E-state index contributed by atoms with van der Waals surface area (Å²) in [7, 11) is 0. The number of piperazine rings is 1. The smallest absolute Gasteiger partial charge is 0.255 e. The van der Waals surface area contributed by atoms with E-state index in [-0.39, 0.29) is 29.9 Å². The van der Waals surface area contributed by atoms with Crippen molar-refractivity contribution < 1.29 is 24.0 Å². The zero-order valence-electron chi connectivity index (χ0n) is 36.1. The fourth-order valence-electron chi connectivity index (χ4n) is 10.6. The minimum absolute atomic E-state index is 0.0542. The Kier molecular flexibility index (Phi) is 11.1. The number of aromatic amines is 1. The predicted octanol–water partition coefficient (Wildman–Crippen LogP) is 6.70. The summed E-state index contributed by atoms with van der Waals surface area (Å²) in [6, 6.07) is 15.5. The Morgan fingerprint density at radius 2 is 1.69 bits per heavy atom. The van der Waals surface area contributed by atoms with Crippen LogP contribution >= 0.6 is 0 Å². The van der Waals surface area contributed by atoms with Gasteiger partial charge in [0.25, 0.3) is 5.91 Å². The number of nitrogens with one attached hydrogen (secondary N) is 3. The number of ketones is 1. The molecule has 3 fully saturated rings. The maximum Gasteiger partial charge on any atom is 0.255 e. The maximum absolute atomic E-state index is 14.1. The number of nitrogens with zero attached hydrogens (tertiary/aromatic N) is 5. The van der Waals surface area contributed by atoms with Gasteiger partial charge < -0.3 is 25.0 Å². The number of piperidine rings is 2. The quantitative estimate of drug-likeness (QED) is 0.0862. The second-order valence-corrected chi connectivity index (χ2v) is 18.2. The van der Waals surface area contributed by atoms with Crippen LogP contribution in [0.3, 0.4) is 0 Å². The van der Waals surface area contributed by atoms with Gasteiger partial charge in [-0.3, -0.25) is 34.2 Å². The lowest BCUT2D eigenvalue weighted by Gasteiger charge is -2.44. The number of aromatic nitrogens is 1. The number of imide groups is 1. The molecular formula is C49H56N8O5. The Morgan fingerprint density at radius 3 is 2.44 bits per heavy atom. The standard InChI is InChI=1S/C49H56N8O5/c1-5-30-26-37-38(49(2,3)46-44(45(37)60)36-13-10-32(50-4)27-39(36)52-46)28-41(30)55-19-16-34(17-20-55)54-21-23-56(24-22-54)43(59)9-7-6-8-18-51-33-11-12-35-31(25-33)29-57(48(35)62)40-14-15-42(58)53-47(40)61/h10-13,25-28,34,40,51-52H,5-9,14-24,29H2,1-3H3,(H,53,58,61). The molecule has 1 aromatic heterocycles. The molecule has 4 amide bonds. The van der Waals surface area contributed by atoms with Gasteiger partial charge >= 0.3 is 0 Å². The number of benzene rings is 3. The molecule has 3 saturated heterocycles. The van der Waals surface area contributed by atoms with Crippen LogP contribution in [0.4, 0.5) is 17.1 Å². The molecular weight excluding hydrogens is 781 g/mol. The van der Waals surface area contributed by atoms with Gasteiger partial charge in [-0.1, -0.05) is 39.3 Å². The van der Waals surface area contributed by atoms with E-state index < -0.39 is 17.4 Å². The predicted molar refractivity (Wildman–Crippen MR) is 239 cm³/mol. The van der Waals surface area contributed by atoms with Crippen LogP contribution in [-0.4, -0.2) is 107 Å². The molecule has 4 aromatic rings. The number of carbonyl (C=O) groups is 5. The topological polar surface area (TPSA) is 143 Å². The van der Waals surface area contributed by atoms with E-state index in [9.17, 15) is 24.0 Å². The molecule has 5 heterocycles. The number of H-pyrrole nitrogens is 1. The molecule has 0 radical (unpaired) electrons. The number of aryl methyl sites for hydroxylation is 1. The van der Waals surface area contributed by atoms with E-state index in [2.05, 4.69) is 63.2 Å².